The van der Waals surface area contributed by atoms with Crippen LogP contribution in [-0.4, -0.2) is 35.6 Å². The number of aliphatic imine (C=N–C) groups is 1. The molecule has 3 N–H and O–H groups in total. The molecule has 1 heterocycles. The number of carbonyl (C=O) groups excluding carboxylic acids is 3. The Morgan fingerprint density at radius 3 is 2.37 bits per heavy atom. The van der Waals surface area contributed by atoms with Gasteiger partial charge in [0.15, 0.2) is 0 Å². The number of benzodiazepines with no additional fused rings is 1. The van der Waals surface area contributed by atoms with Gasteiger partial charge in [0.2, 0.25) is 18.0 Å². The fraction of sp³-hybridized carbons (Fsp3) is 0.154. The number of anilines is 1. The monoisotopic (exact) mass is 476 g/mol. The zero-order chi connectivity index (χ0) is 24.9. The second kappa shape index (κ2) is 10.3. The van der Waals surface area contributed by atoms with E-state index in [2.05, 4.69) is 20.9 Å². The van der Waals surface area contributed by atoms with E-state index in [1.165, 1.54) is 6.92 Å². The molecule has 3 aromatic carbocycles. The first-order valence-electron chi connectivity index (χ1n) is 10.9. The van der Waals surface area contributed by atoms with Gasteiger partial charge in [-0.25, -0.2) is 13.8 Å². The highest BCUT2D eigenvalue weighted by Crippen LogP contribution is 2.23. The third-order valence-electron chi connectivity index (χ3n) is 5.33. The number of nitrogens with zero attached hydrogens (tertiary/aromatic N) is 1. The van der Waals surface area contributed by atoms with E-state index < -0.39 is 41.6 Å². The van der Waals surface area contributed by atoms with E-state index in [1.807, 2.05) is 42.5 Å². The number of fused-ring (bicyclic) bond motifs is 1. The molecular weight excluding hydrogens is 454 g/mol. The topological polar surface area (TPSA) is 99.7 Å². The van der Waals surface area contributed by atoms with Crippen molar-refractivity contribution >= 4 is 29.1 Å². The van der Waals surface area contributed by atoms with Gasteiger partial charge < -0.3 is 16.0 Å². The standard InChI is InChI=1S/C26H22F2N4O3/c1-15(29-22(33)13-16-11-18(27)14-19(28)12-16)25(34)32-24-26(35)30-21-10-6-5-9-20(21)23(31-24)17-7-3-2-4-8-17/h2-12,14-15,24H,13H2,1H3,(H,29,33)(H,30,35)(H,32,34)/t15-,24-/m1/s1. The van der Waals surface area contributed by atoms with Crippen LogP contribution in [0.1, 0.15) is 23.6 Å². The molecule has 0 spiro atoms. The molecule has 3 aromatic rings. The molecule has 1 aliphatic rings. The average molecular weight is 476 g/mol. The van der Waals surface area contributed by atoms with Gasteiger partial charge in [0.1, 0.15) is 17.7 Å². The summed E-state index contributed by atoms with van der Waals surface area (Å²) < 4.78 is 26.7. The van der Waals surface area contributed by atoms with Gasteiger partial charge in [-0.15, -0.1) is 0 Å². The van der Waals surface area contributed by atoms with Gasteiger partial charge in [0.05, 0.1) is 17.8 Å². The minimum absolute atomic E-state index is 0.130. The third kappa shape index (κ3) is 5.75. The number of benzene rings is 3. The van der Waals surface area contributed by atoms with Gasteiger partial charge in [0.25, 0.3) is 5.91 Å². The smallest absolute Gasteiger partial charge is 0.269 e. The maximum atomic E-state index is 13.4. The van der Waals surface area contributed by atoms with Gasteiger partial charge in [-0.1, -0.05) is 48.5 Å². The van der Waals surface area contributed by atoms with Gasteiger partial charge in [-0.2, -0.15) is 0 Å². The molecule has 2 atom stereocenters. The highest BCUT2D eigenvalue weighted by molar-refractivity contribution is 6.19. The van der Waals surface area contributed by atoms with Crippen molar-refractivity contribution in [3.8, 4) is 0 Å². The van der Waals surface area contributed by atoms with E-state index in [1.54, 1.807) is 12.1 Å². The summed E-state index contributed by atoms with van der Waals surface area (Å²) in [6, 6.07) is 18.2. The van der Waals surface area contributed by atoms with Crippen LogP contribution in [0.4, 0.5) is 14.5 Å². The van der Waals surface area contributed by atoms with Crippen LogP contribution in [0.15, 0.2) is 77.8 Å². The van der Waals surface area contributed by atoms with Crippen LogP contribution in [0.3, 0.4) is 0 Å². The van der Waals surface area contributed by atoms with Crippen LogP contribution in [0, 0.1) is 11.6 Å². The summed E-state index contributed by atoms with van der Waals surface area (Å²) in [6.07, 6.45) is -1.57. The van der Waals surface area contributed by atoms with E-state index in [0.717, 1.165) is 17.7 Å². The molecule has 35 heavy (non-hydrogen) atoms. The van der Waals surface area contributed by atoms with Crippen molar-refractivity contribution in [2.75, 3.05) is 5.32 Å². The van der Waals surface area contributed by atoms with Crippen LogP contribution >= 0.6 is 0 Å². The Balaban J connectivity index is 1.49. The van der Waals surface area contributed by atoms with E-state index in [9.17, 15) is 23.2 Å². The second-order valence-corrected chi connectivity index (χ2v) is 8.03. The summed E-state index contributed by atoms with van der Waals surface area (Å²) >= 11 is 0. The van der Waals surface area contributed by atoms with Gasteiger partial charge >= 0.3 is 0 Å². The first kappa shape index (κ1) is 23.7. The van der Waals surface area contributed by atoms with Crippen LogP contribution < -0.4 is 16.0 Å². The molecule has 0 aliphatic carbocycles. The first-order chi connectivity index (χ1) is 16.8. The summed E-state index contributed by atoms with van der Waals surface area (Å²) in [5, 5.41) is 7.80. The Bertz CT molecular complexity index is 1290. The van der Waals surface area contributed by atoms with Crippen molar-refractivity contribution in [3.05, 3.63) is 101 Å². The fourth-order valence-electron chi connectivity index (χ4n) is 3.70. The molecule has 4 rings (SSSR count). The third-order valence-corrected chi connectivity index (χ3v) is 5.33. The molecule has 3 amide bonds. The predicted octanol–water partition coefficient (Wildman–Crippen LogP) is 2.94. The van der Waals surface area contributed by atoms with Crippen LogP contribution in [0.25, 0.3) is 0 Å². The van der Waals surface area contributed by atoms with Crippen LogP contribution in [0.2, 0.25) is 0 Å². The lowest BCUT2D eigenvalue weighted by Gasteiger charge is -2.18. The highest BCUT2D eigenvalue weighted by Gasteiger charge is 2.28. The zero-order valence-corrected chi connectivity index (χ0v) is 18.7. The Kier molecular flexibility index (Phi) is 6.96. The van der Waals surface area contributed by atoms with Crippen LogP contribution in [0.5, 0.6) is 0 Å². The summed E-state index contributed by atoms with van der Waals surface area (Å²) in [5.74, 6) is -3.39. The molecule has 9 heteroatoms. The zero-order valence-electron chi connectivity index (χ0n) is 18.7. The van der Waals surface area contributed by atoms with Crippen molar-refractivity contribution < 1.29 is 23.2 Å². The molecule has 0 saturated heterocycles. The lowest BCUT2D eigenvalue weighted by atomic mass is 10.0. The van der Waals surface area contributed by atoms with Crippen molar-refractivity contribution in [1.29, 1.82) is 0 Å². The van der Waals surface area contributed by atoms with Crippen LogP contribution in [-0.2, 0) is 20.8 Å². The number of halogens is 2. The molecule has 0 bridgehead atoms. The molecule has 0 aromatic heterocycles. The van der Waals surface area contributed by atoms with Crippen molar-refractivity contribution in [1.82, 2.24) is 10.6 Å². The number of amides is 3. The van der Waals surface area contributed by atoms with Gasteiger partial charge in [-0.05, 0) is 30.7 Å². The Hall–Kier alpha value is -4.40. The average Bonchev–Trinajstić information content (AvgIpc) is 2.95. The number of rotatable bonds is 6. The molecule has 1 aliphatic heterocycles. The quantitative estimate of drug-likeness (QED) is 0.510. The SMILES string of the molecule is C[C@@H](NC(=O)Cc1cc(F)cc(F)c1)C(=O)N[C@H]1N=C(c2ccccc2)c2ccccc2NC1=O. The number of carbonyl (C=O) groups is 3. The Morgan fingerprint density at radius 1 is 1.00 bits per heavy atom. The maximum Gasteiger partial charge on any atom is 0.269 e. The number of hydrogen-bond acceptors (Lipinski definition) is 4. The minimum atomic E-state index is -1.25. The van der Waals surface area contributed by atoms with E-state index in [0.29, 0.717) is 23.0 Å². The minimum Gasteiger partial charge on any atom is -0.344 e. The van der Waals surface area contributed by atoms with Gasteiger partial charge in [-0.3, -0.25) is 14.4 Å². The van der Waals surface area contributed by atoms with Crippen molar-refractivity contribution in [3.63, 3.8) is 0 Å². The van der Waals surface area contributed by atoms with Gasteiger partial charge in [0, 0.05) is 17.2 Å². The first-order valence-corrected chi connectivity index (χ1v) is 10.9. The molecule has 0 radical (unpaired) electrons. The molecule has 0 fully saturated rings. The number of nitrogens with one attached hydrogen (secondary N) is 3. The Morgan fingerprint density at radius 2 is 1.66 bits per heavy atom. The molecule has 0 unspecified atom stereocenters. The largest absolute Gasteiger partial charge is 0.344 e. The number of hydrogen-bond donors (Lipinski definition) is 3. The molecule has 178 valence electrons. The van der Waals surface area contributed by atoms with Crippen molar-refractivity contribution in [2.45, 2.75) is 25.6 Å². The lowest BCUT2D eigenvalue weighted by Crippen LogP contribution is -2.51. The van der Waals surface area contributed by atoms with Crippen molar-refractivity contribution in [2.24, 2.45) is 4.99 Å². The number of para-hydroxylation sites is 1. The fourth-order valence-corrected chi connectivity index (χ4v) is 3.70. The Labute approximate surface area is 200 Å². The molecule has 7 nitrogen and oxygen atoms in total. The summed E-state index contributed by atoms with van der Waals surface area (Å²) in [5.41, 5.74) is 2.67. The van der Waals surface area contributed by atoms with E-state index >= 15 is 0 Å². The maximum absolute atomic E-state index is 13.4. The summed E-state index contributed by atoms with van der Waals surface area (Å²) in [4.78, 5) is 42.5. The normalized spacial score (nSPS) is 15.7. The molecular formula is C26H22F2N4O3. The van der Waals surface area contributed by atoms with E-state index in [4.69, 9.17) is 0 Å². The predicted molar refractivity (Wildman–Crippen MR) is 127 cm³/mol. The molecule has 0 saturated carbocycles. The second-order valence-electron chi connectivity index (χ2n) is 8.03. The summed E-state index contributed by atoms with van der Waals surface area (Å²) in [6.45, 7) is 1.44. The van der Waals surface area contributed by atoms with E-state index in [-0.39, 0.29) is 12.0 Å². The lowest BCUT2D eigenvalue weighted by molar-refractivity contribution is -0.130. The highest BCUT2D eigenvalue weighted by atomic mass is 19.1. The summed E-state index contributed by atoms with van der Waals surface area (Å²) in [7, 11) is 0.